The number of fused-ring (bicyclic) bond motifs is 1. The van der Waals surface area contributed by atoms with E-state index < -0.39 is 28.3 Å². The summed E-state index contributed by atoms with van der Waals surface area (Å²) in [6, 6.07) is 1.87. The van der Waals surface area contributed by atoms with Crippen LogP contribution in [0.3, 0.4) is 0 Å². The Morgan fingerprint density at radius 3 is 3.00 bits per heavy atom. The molecule has 5 nitrogen and oxygen atoms in total. The van der Waals surface area contributed by atoms with Gasteiger partial charge in [-0.1, -0.05) is 6.08 Å². The molecule has 1 saturated carbocycles. The van der Waals surface area contributed by atoms with Gasteiger partial charge in [-0.3, -0.25) is 4.79 Å². The molecule has 3 atom stereocenters. The number of rotatable bonds is 1. The number of nitriles is 1. The third kappa shape index (κ3) is 1.05. The fourth-order valence-corrected chi connectivity index (χ4v) is 2.53. The number of hydrogen-bond acceptors (Lipinski definition) is 5. The van der Waals surface area contributed by atoms with E-state index in [9.17, 15) is 9.59 Å². The number of alkyl halides is 1. The van der Waals surface area contributed by atoms with Crippen molar-refractivity contribution in [1.29, 1.82) is 5.26 Å². The van der Waals surface area contributed by atoms with Crippen LogP contribution in [0.15, 0.2) is 12.2 Å². The SMILES string of the molecule is COC(=O)[C@@]12C=CC(=O)O[C@@H]1C[C@@]2(Cl)C#N. The van der Waals surface area contributed by atoms with E-state index in [0.717, 1.165) is 6.08 Å². The molecule has 1 aliphatic carbocycles. The number of halogens is 1. The maximum atomic E-state index is 11.7. The molecule has 2 aliphatic rings. The first kappa shape index (κ1) is 11.0. The molecule has 0 aromatic rings. The average molecular weight is 242 g/mol. The summed E-state index contributed by atoms with van der Waals surface area (Å²) in [7, 11) is 1.20. The zero-order valence-corrected chi connectivity index (χ0v) is 9.15. The molecular weight excluding hydrogens is 234 g/mol. The van der Waals surface area contributed by atoms with Crippen LogP contribution >= 0.6 is 11.6 Å². The summed E-state index contributed by atoms with van der Waals surface area (Å²) in [4.78, 5) is 21.3. The van der Waals surface area contributed by atoms with Gasteiger partial charge in [0.25, 0.3) is 0 Å². The topological polar surface area (TPSA) is 76.4 Å². The van der Waals surface area contributed by atoms with Gasteiger partial charge in [0.15, 0.2) is 10.3 Å². The molecule has 0 aromatic carbocycles. The lowest BCUT2D eigenvalue weighted by Gasteiger charge is -2.53. The van der Waals surface area contributed by atoms with Crippen molar-refractivity contribution in [3.05, 3.63) is 12.2 Å². The van der Waals surface area contributed by atoms with Crippen LogP contribution < -0.4 is 0 Å². The standard InChI is InChI=1S/C10H8ClNO4/c1-15-8(14)10-3-2-7(13)16-6(10)4-9(10,11)5-12/h2-3,6H,4H2,1H3/t6-,9-,10-/m1/s1. The van der Waals surface area contributed by atoms with E-state index in [-0.39, 0.29) is 6.42 Å². The first-order valence-corrected chi connectivity index (χ1v) is 4.96. The monoisotopic (exact) mass is 241 g/mol. The lowest BCUT2D eigenvalue weighted by atomic mass is 9.56. The second kappa shape index (κ2) is 3.22. The van der Waals surface area contributed by atoms with Crippen LogP contribution in [0, 0.1) is 16.7 Å². The highest BCUT2D eigenvalue weighted by Crippen LogP contribution is 2.58. The summed E-state index contributed by atoms with van der Waals surface area (Å²) in [5.74, 6) is -1.20. The van der Waals surface area contributed by atoms with Gasteiger partial charge in [-0.05, 0) is 0 Å². The molecule has 0 amide bonds. The Labute approximate surface area is 96.6 Å². The Hall–Kier alpha value is -1.54. The van der Waals surface area contributed by atoms with E-state index in [1.165, 1.54) is 13.2 Å². The fraction of sp³-hybridized carbons (Fsp3) is 0.500. The van der Waals surface area contributed by atoms with Gasteiger partial charge < -0.3 is 9.47 Å². The Kier molecular flexibility index (Phi) is 2.21. The van der Waals surface area contributed by atoms with Gasteiger partial charge in [0.2, 0.25) is 0 Å². The van der Waals surface area contributed by atoms with Crippen molar-refractivity contribution in [3.8, 4) is 6.07 Å². The van der Waals surface area contributed by atoms with Gasteiger partial charge in [0.1, 0.15) is 6.10 Å². The minimum atomic E-state index is -1.40. The number of nitrogens with zero attached hydrogens (tertiary/aromatic N) is 1. The zero-order chi connectivity index (χ0) is 12.0. The predicted molar refractivity (Wildman–Crippen MR) is 52.3 cm³/mol. The summed E-state index contributed by atoms with van der Waals surface area (Å²) in [5.41, 5.74) is -1.37. The normalized spacial score (nSPS) is 40.1. The van der Waals surface area contributed by atoms with E-state index in [1.807, 2.05) is 6.07 Å². The number of esters is 2. The van der Waals surface area contributed by atoms with Crippen molar-refractivity contribution in [2.24, 2.45) is 5.41 Å². The van der Waals surface area contributed by atoms with Crippen molar-refractivity contribution in [3.63, 3.8) is 0 Å². The van der Waals surface area contributed by atoms with Crippen LogP contribution in [0.5, 0.6) is 0 Å². The molecule has 1 fully saturated rings. The van der Waals surface area contributed by atoms with Crippen LogP contribution in [0.4, 0.5) is 0 Å². The molecule has 0 radical (unpaired) electrons. The highest BCUT2D eigenvalue weighted by molar-refractivity contribution is 6.29. The maximum absolute atomic E-state index is 11.7. The van der Waals surface area contributed by atoms with Gasteiger partial charge in [-0.15, -0.1) is 11.6 Å². The second-order valence-electron chi connectivity index (χ2n) is 3.74. The van der Waals surface area contributed by atoms with Crippen molar-refractivity contribution >= 4 is 23.5 Å². The lowest BCUT2D eigenvalue weighted by molar-refractivity contribution is -0.183. The molecule has 0 bridgehead atoms. The van der Waals surface area contributed by atoms with Gasteiger partial charge in [0.05, 0.1) is 13.2 Å². The summed E-state index contributed by atoms with van der Waals surface area (Å²) in [6.45, 7) is 0. The molecule has 2 rings (SSSR count). The molecule has 6 heteroatoms. The summed E-state index contributed by atoms with van der Waals surface area (Å²) >= 11 is 6.04. The van der Waals surface area contributed by atoms with Crippen LogP contribution in [0.1, 0.15) is 6.42 Å². The van der Waals surface area contributed by atoms with Crippen LogP contribution in [0.25, 0.3) is 0 Å². The zero-order valence-electron chi connectivity index (χ0n) is 8.40. The van der Waals surface area contributed by atoms with Crippen LogP contribution in [-0.4, -0.2) is 30.0 Å². The highest BCUT2D eigenvalue weighted by atomic mass is 35.5. The van der Waals surface area contributed by atoms with Crippen LogP contribution in [0.2, 0.25) is 0 Å². The number of carbonyl (C=O) groups excluding carboxylic acids is 2. The molecule has 0 saturated heterocycles. The van der Waals surface area contributed by atoms with Gasteiger partial charge in [-0.25, -0.2) is 4.79 Å². The first-order chi connectivity index (χ1) is 7.50. The minimum Gasteiger partial charge on any atom is -0.468 e. The summed E-state index contributed by atoms with van der Waals surface area (Å²) in [5, 5.41) is 9.00. The van der Waals surface area contributed by atoms with Gasteiger partial charge in [0, 0.05) is 12.5 Å². The van der Waals surface area contributed by atoms with E-state index in [2.05, 4.69) is 4.74 Å². The smallest absolute Gasteiger partial charge is 0.330 e. The molecule has 1 aliphatic heterocycles. The lowest BCUT2D eigenvalue weighted by Crippen LogP contribution is -2.68. The summed E-state index contributed by atoms with van der Waals surface area (Å²) in [6.07, 6.45) is 1.82. The maximum Gasteiger partial charge on any atom is 0.330 e. The third-order valence-electron chi connectivity index (χ3n) is 3.07. The van der Waals surface area contributed by atoms with E-state index >= 15 is 0 Å². The van der Waals surface area contributed by atoms with Crippen molar-refractivity contribution in [2.75, 3.05) is 7.11 Å². The summed E-state index contributed by atoms with van der Waals surface area (Å²) < 4.78 is 9.58. The van der Waals surface area contributed by atoms with E-state index in [1.54, 1.807) is 0 Å². The molecule has 0 N–H and O–H groups in total. The molecule has 0 aromatic heterocycles. The van der Waals surface area contributed by atoms with Gasteiger partial charge in [-0.2, -0.15) is 5.26 Å². The minimum absolute atomic E-state index is 0.121. The number of hydrogen-bond donors (Lipinski definition) is 0. The van der Waals surface area contributed by atoms with E-state index in [0.29, 0.717) is 0 Å². The molecule has 84 valence electrons. The first-order valence-electron chi connectivity index (χ1n) is 4.58. The number of methoxy groups -OCH3 is 1. The van der Waals surface area contributed by atoms with Crippen molar-refractivity contribution in [2.45, 2.75) is 17.4 Å². The Bertz CT molecular complexity index is 441. The predicted octanol–water partition coefficient (Wildman–Crippen LogP) is 0.532. The molecular formula is C10H8ClNO4. The third-order valence-corrected chi connectivity index (χ3v) is 3.62. The molecule has 0 spiro atoms. The quantitative estimate of drug-likeness (QED) is 0.494. The van der Waals surface area contributed by atoms with Crippen LogP contribution in [-0.2, 0) is 19.1 Å². The fourth-order valence-electron chi connectivity index (χ4n) is 2.13. The largest absolute Gasteiger partial charge is 0.468 e. The Balaban J connectivity index is 2.49. The molecule has 16 heavy (non-hydrogen) atoms. The number of ether oxygens (including phenoxy) is 2. The highest BCUT2D eigenvalue weighted by Gasteiger charge is 2.72. The van der Waals surface area contributed by atoms with Crippen molar-refractivity contribution in [1.82, 2.24) is 0 Å². The Morgan fingerprint density at radius 2 is 2.50 bits per heavy atom. The van der Waals surface area contributed by atoms with Gasteiger partial charge >= 0.3 is 11.9 Å². The average Bonchev–Trinajstić information content (AvgIpc) is 2.27. The second-order valence-corrected chi connectivity index (χ2v) is 4.38. The van der Waals surface area contributed by atoms with E-state index in [4.69, 9.17) is 21.6 Å². The van der Waals surface area contributed by atoms with Crippen molar-refractivity contribution < 1.29 is 19.1 Å². The molecule has 1 heterocycles. The number of carbonyl (C=O) groups is 2. The Morgan fingerprint density at radius 1 is 1.81 bits per heavy atom. The molecule has 0 unspecified atom stereocenters.